The second-order valence-electron chi connectivity index (χ2n) is 6.76. The minimum Gasteiger partial charge on any atom is -0.480 e. The highest BCUT2D eigenvalue weighted by Crippen LogP contribution is 2.53. The number of aromatic nitrogens is 2. The topological polar surface area (TPSA) is 311 Å². The van der Waals surface area contributed by atoms with E-state index >= 15 is 0 Å². The van der Waals surface area contributed by atoms with Gasteiger partial charge in [0.15, 0.2) is 5.96 Å². The molecule has 2 aromatic rings. The third-order valence-electron chi connectivity index (χ3n) is 3.46. The molecule has 0 spiro atoms. The number of benzene rings is 1. The number of halogens is 3. The number of fused-ring (bicyclic) bond motifs is 1. The molecule has 3 rings (SSSR count). The molecule has 40 heavy (non-hydrogen) atoms. The number of hydrogen-bond donors (Lipinski definition) is 12. The van der Waals surface area contributed by atoms with Crippen molar-refractivity contribution < 1.29 is 56.1 Å². The van der Waals surface area contributed by atoms with Crippen molar-refractivity contribution in [2.45, 2.75) is 25.6 Å². The zero-order chi connectivity index (χ0) is 31.2. The number of carboxylic acid groups (broad SMARTS) is 1. The fraction of sp³-hybridized carbons (Fsp3) is 0.412. The number of aliphatic carboxylic acids is 1. The first-order chi connectivity index (χ1) is 18.4. The van der Waals surface area contributed by atoms with E-state index < -0.39 is 34.3 Å². The normalized spacial score (nSPS) is 13.1. The van der Waals surface area contributed by atoms with Gasteiger partial charge in [-0.2, -0.15) is 23.0 Å². The Morgan fingerprint density at radius 2 is 1.48 bits per heavy atom. The van der Waals surface area contributed by atoms with Gasteiger partial charge >= 0.3 is 28.3 Å². The van der Waals surface area contributed by atoms with Crippen LogP contribution in [0.2, 0.25) is 0 Å². The Morgan fingerprint density at radius 3 is 1.75 bits per heavy atom. The Hall–Kier alpha value is -2.81. The van der Waals surface area contributed by atoms with Gasteiger partial charge in [-0.05, 0) is 25.0 Å². The number of guanidine groups is 1. The average molecular weight is 625 g/mol. The number of carboxylic acids is 1. The van der Waals surface area contributed by atoms with Crippen molar-refractivity contribution in [1.29, 1.82) is 5.41 Å². The Balaban J connectivity index is 0. The van der Waals surface area contributed by atoms with Crippen LogP contribution in [0.1, 0.15) is 12.8 Å². The largest absolute Gasteiger partial charge is 0.480 e. The lowest BCUT2D eigenvalue weighted by Crippen LogP contribution is -2.34. The van der Waals surface area contributed by atoms with Crippen LogP contribution in [-0.2, 0) is 18.2 Å². The number of para-hydroxylation sites is 2. The quantitative estimate of drug-likeness (QED) is 0.0780. The third-order valence-corrected chi connectivity index (χ3v) is 5.17. The summed E-state index contributed by atoms with van der Waals surface area (Å²) in [4.78, 5) is 49.5. The first-order valence-electron chi connectivity index (χ1n) is 10.6. The van der Waals surface area contributed by atoms with Gasteiger partial charge in [0.1, 0.15) is 6.04 Å². The summed E-state index contributed by atoms with van der Waals surface area (Å²) in [6.45, 7) is -1.13. The Kier molecular flexibility index (Phi) is 21.6. The molecule has 230 valence electrons. The summed E-state index contributed by atoms with van der Waals surface area (Å²) in [6, 6.07) is 6.98. The zero-order valence-electron chi connectivity index (χ0n) is 20.6. The predicted molar refractivity (Wildman–Crippen MR) is 136 cm³/mol. The Morgan fingerprint density at radius 1 is 1.05 bits per heavy atom. The molecule has 0 radical (unpaired) electrons. The molecular weight excluding hydrogens is 593 g/mol. The van der Waals surface area contributed by atoms with Gasteiger partial charge in [-0.3, -0.25) is 20.2 Å². The molecule has 1 fully saturated rings. The SMILES string of the molecule is C1CNNN1.FC(F)F.N=C(N)NCCCC(N)C(=O)O.O=P(O)(O)OP(=O)(O)O.c1ccc2nccnc2c1. The van der Waals surface area contributed by atoms with Gasteiger partial charge in [0.05, 0.1) is 11.0 Å². The number of hydrogen-bond acceptors (Lipinski definition) is 11. The van der Waals surface area contributed by atoms with E-state index in [1.54, 1.807) is 12.4 Å². The molecule has 1 aromatic heterocycles. The molecule has 0 saturated carbocycles. The van der Waals surface area contributed by atoms with Crippen molar-refractivity contribution in [3.8, 4) is 0 Å². The number of alkyl halides is 3. The van der Waals surface area contributed by atoms with Crippen LogP contribution in [0, 0.1) is 5.41 Å². The van der Waals surface area contributed by atoms with Crippen LogP contribution in [0.15, 0.2) is 36.7 Å². The van der Waals surface area contributed by atoms with Gasteiger partial charge in [0.25, 0.3) is 0 Å². The van der Waals surface area contributed by atoms with Crippen LogP contribution >= 0.6 is 15.6 Å². The standard InChI is InChI=1S/C8H6N2.C6H14N4O2.C2H7N3.CHF3.H4O7P2/c1-2-4-8-7(3-1)9-5-6-10-8;7-4(5(11)12)2-1-3-10-6(8)9;1-2-4-5-3-1;2-1(3)4;1-8(2,3)7-9(4,5)6/h1-6H;4H,1-3,7H2,(H,11,12)(H4,8,9,10);3-5H,1-2H2;1H;(H2,1,2,3)(H2,4,5,6). The molecule has 0 aliphatic carbocycles. The lowest BCUT2D eigenvalue weighted by Gasteiger charge is -2.06. The van der Waals surface area contributed by atoms with E-state index in [0.717, 1.165) is 24.1 Å². The van der Waals surface area contributed by atoms with Crippen LogP contribution in [0.3, 0.4) is 0 Å². The number of phosphoric acid groups is 2. The molecule has 1 aliphatic rings. The third kappa shape index (κ3) is 29.7. The lowest BCUT2D eigenvalue weighted by molar-refractivity contribution is -0.138. The second-order valence-corrected chi connectivity index (χ2v) is 9.38. The van der Waals surface area contributed by atoms with Crippen molar-refractivity contribution >= 4 is 38.6 Å². The van der Waals surface area contributed by atoms with Crippen molar-refractivity contribution in [2.24, 2.45) is 11.5 Å². The number of nitrogens with two attached hydrogens (primary N) is 2. The molecule has 1 aromatic carbocycles. The minimum atomic E-state index is -5.05. The molecule has 1 unspecified atom stereocenters. The van der Waals surface area contributed by atoms with Crippen LogP contribution in [-0.4, -0.2) is 78.9 Å². The van der Waals surface area contributed by atoms with E-state index in [4.69, 9.17) is 41.6 Å². The van der Waals surface area contributed by atoms with E-state index in [1.165, 1.54) is 0 Å². The number of hydrazine groups is 2. The number of nitrogens with zero attached hydrogens (tertiary/aromatic N) is 2. The minimum absolute atomic E-state index is 0.112. The molecule has 1 saturated heterocycles. The van der Waals surface area contributed by atoms with Gasteiger partial charge in [0, 0.05) is 32.0 Å². The first-order valence-corrected chi connectivity index (χ1v) is 13.7. The van der Waals surface area contributed by atoms with E-state index in [1.807, 2.05) is 24.3 Å². The second kappa shape index (κ2) is 21.9. The molecule has 14 N–H and O–H groups in total. The van der Waals surface area contributed by atoms with Crippen LogP contribution in [0.5, 0.6) is 0 Å². The molecule has 2 heterocycles. The maximum Gasteiger partial charge on any atom is 0.478 e. The molecular formula is C17H32F3N9O9P2. The molecule has 23 heteroatoms. The number of rotatable bonds is 7. The molecule has 0 bridgehead atoms. The van der Waals surface area contributed by atoms with Crippen LogP contribution in [0.4, 0.5) is 13.2 Å². The fourth-order valence-corrected chi connectivity index (χ4v) is 3.14. The summed E-state index contributed by atoms with van der Waals surface area (Å²) in [5.74, 6) is -1.11. The van der Waals surface area contributed by atoms with E-state index in [-0.39, 0.29) is 5.96 Å². The molecule has 18 nitrogen and oxygen atoms in total. The fourth-order valence-electron chi connectivity index (χ4n) is 2.03. The van der Waals surface area contributed by atoms with E-state index in [9.17, 15) is 27.1 Å². The average Bonchev–Trinajstić information content (AvgIpc) is 3.40. The van der Waals surface area contributed by atoms with Gasteiger partial charge < -0.3 is 41.5 Å². The maximum absolute atomic E-state index is 10.2. The van der Waals surface area contributed by atoms with E-state index in [0.29, 0.717) is 19.4 Å². The van der Waals surface area contributed by atoms with Gasteiger partial charge in [0.2, 0.25) is 0 Å². The summed E-state index contributed by atoms with van der Waals surface area (Å²) in [5, 5.41) is 17.7. The van der Waals surface area contributed by atoms with Crippen molar-refractivity contribution in [3.05, 3.63) is 36.7 Å². The summed E-state index contributed by atoms with van der Waals surface area (Å²) in [6.07, 6.45) is 4.37. The predicted octanol–water partition coefficient (Wildman–Crippen LogP) is -0.743. The highest BCUT2D eigenvalue weighted by atomic mass is 31.3. The van der Waals surface area contributed by atoms with Gasteiger partial charge in [-0.25, -0.2) is 20.0 Å². The maximum atomic E-state index is 10.2. The van der Waals surface area contributed by atoms with Crippen molar-refractivity contribution in [1.82, 2.24) is 31.7 Å². The van der Waals surface area contributed by atoms with Crippen LogP contribution in [0.25, 0.3) is 11.0 Å². The summed E-state index contributed by atoms with van der Waals surface area (Å²) in [5.41, 5.74) is 20.6. The Labute approximate surface area is 225 Å². The molecule has 1 aliphatic heterocycles. The number of nitrogens with one attached hydrogen (secondary N) is 5. The van der Waals surface area contributed by atoms with Crippen molar-refractivity contribution in [2.75, 3.05) is 19.6 Å². The molecule has 1 atom stereocenters. The Bertz CT molecular complexity index is 983. The smallest absolute Gasteiger partial charge is 0.478 e. The highest BCUT2D eigenvalue weighted by molar-refractivity contribution is 7.60. The first kappa shape index (κ1) is 39.3. The number of carbonyl (C=O) groups is 1. The summed E-state index contributed by atoms with van der Waals surface area (Å²) >= 11 is 0. The highest BCUT2D eigenvalue weighted by Gasteiger charge is 2.27. The summed E-state index contributed by atoms with van der Waals surface area (Å²) in [7, 11) is -10.1. The monoisotopic (exact) mass is 625 g/mol. The van der Waals surface area contributed by atoms with Gasteiger partial charge in [-0.15, -0.1) is 0 Å². The van der Waals surface area contributed by atoms with E-state index in [2.05, 4.69) is 36.0 Å². The van der Waals surface area contributed by atoms with Gasteiger partial charge in [-0.1, -0.05) is 12.1 Å². The van der Waals surface area contributed by atoms with Crippen LogP contribution < -0.4 is 33.2 Å². The summed E-state index contributed by atoms with van der Waals surface area (Å²) < 4.78 is 51.2. The molecule has 0 amide bonds. The van der Waals surface area contributed by atoms with Crippen molar-refractivity contribution in [3.63, 3.8) is 0 Å². The lowest BCUT2D eigenvalue weighted by atomic mass is 10.2. The zero-order valence-corrected chi connectivity index (χ0v) is 22.4.